The van der Waals surface area contributed by atoms with Gasteiger partial charge in [-0.1, -0.05) is 65.7 Å². The van der Waals surface area contributed by atoms with Crippen molar-refractivity contribution in [1.29, 1.82) is 0 Å². The summed E-state index contributed by atoms with van der Waals surface area (Å²) in [4.78, 5) is 1.48. The van der Waals surface area contributed by atoms with E-state index in [1.165, 1.54) is 41.2 Å². The number of hydrazone groups is 1. The van der Waals surface area contributed by atoms with Crippen molar-refractivity contribution in [2.45, 2.75) is 10.8 Å². The molecule has 212 valence electrons. The Hall–Kier alpha value is -3.00. The van der Waals surface area contributed by atoms with Crippen LogP contribution in [0.25, 0.3) is 0 Å². The molecule has 4 rings (SSSR count). The smallest absolute Gasteiger partial charge is 0.285 e. The zero-order chi connectivity index (χ0) is 29.1. The fraction of sp³-hybridized carbons (Fsp3) is 0.231. The van der Waals surface area contributed by atoms with E-state index in [0.717, 1.165) is 15.4 Å². The molecule has 40 heavy (non-hydrogen) atoms. The molecular formula is C26H28Cl2N6O4S2. The molecule has 1 heterocycles. The minimum Gasteiger partial charge on any atom is -0.342 e. The van der Waals surface area contributed by atoms with Crippen LogP contribution in [0.1, 0.15) is 17.0 Å². The molecule has 1 aliphatic rings. The highest BCUT2D eigenvalue weighted by Gasteiger charge is 2.34. The fourth-order valence-electron chi connectivity index (χ4n) is 4.05. The lowest BCUT2D eigenvalue weighted by Gasteiger charge is -2.28. The Morgan fingerprint density at radius 3 is 2.08 bits per heavy atom. The lowest BCUT2D eigenvalue weighted by atomic mass is 9.91. The van der Waals surface area contributed by atoms with Gasteiger partial charge in [0, 0.05) is 43.1 Å². The van der Waals surface area contributed by atoms with Crippen LogP contribution in [0.5, 0.6) is 0 Å². The van der Waals surface area contributed by atoms with E-state index in [1.54, 1.807) is 19.2 Å². The number of nitrogens with two attached hydrogens (primary N) is 1. The van der Waals surface area contributed by atoms with Crippen LogP contribution in [0.15, 0.2) is 93.3 Å². The summed E-state index contributed by atoms with van der Waals surface area (Å²) in [6.45, 7) is 0.353. The van der Waals surface area contributed by atoms with Crippen LogP contribution in [0.2, 0.25) is 10.0 Å². The Morgan fingerprint density at radius 2 is 1.50 bits per heavy atom. The Morgan fingerprint density at radius 1 is 0.925 bits per heavy atom. The van der Waals surface area contributed by atoms with E-state index in [-0.39, 0.29) is 36.4 Å². The molecule has 14 heteroatoms. The average Bonchev–Trinajstić information content (AvgIpc) is 3.36. The SMILES string of the molecule is CN(CCN(C)S(N)(=O)=O)/C(=N\S(=O)(=O)c1ccc(Cl)cc1)N1C[C@H](c2ccccc2)C(c2ccc(Cl)cc2)=N1. The van der Waals surface area contributed by atoms with Gasteiger partial charge in [0.15, 0.2) is 0 Å². The summed E-state index contributed by atoms with van der Waals surface area (Å²) >= 11 is 12.1. The van der Waals surface area contributed by atoms with Crippen molar-refractivity contribution in [3.05, 3.63) is 100 Å². The quantitative estimate of drug-likeness (QED) is 0.302. The lowest BCUT2D eigenvalue weighted by molar-refractivity contribution is 0.349. The van der Waals surface area contributed by atoms with Gasteiger partial charge in [-0.25, -0.2) is 10.1 Å². The Bertz CT molecular complexity index is 1620. The number of halogens is 2. The lowest BCUT2D eigenvalue weighted by Crippen LogP contribution is -2.44. The number of rotatable bonds is 8. The molecule has 0 aromatic heterocycles. The standard InChI is InChI=1S/C26H28Cl2N6O4S2/c1-32(16-17-33(2)40(29,37)38)26(31-39(35,36)23-14-12-22(28)13-15-23)34-18-24(19-6-4-3-5-7-19)25(30-34)20-8-10-21(27)11-9-20/h3-15,24H,16-18H2,1-2H3,(H2,29,37,38)/b31-26+/t24-/m1/s1. The molecule has 0 aliphatic carbocycles. The molecule has 0 saturated heterocycles. The molecule has 0 saturated carbocycles. The highest BCUT2D eigenvalue weighted by Crippen LogP contribution is 2.30. The third kappa shape index (κ3) is 7.19. The summed E-state index contributed by atoms with van der Waals surface area (Å²) in [5, 5.41) is 12.5. The molecule has 0 fully saturated rings. The molecule has 1 aliphatic heterocycles. The first kappa shape index (κ1) is 30.0. The largest absolute Gasteiger partial charge is 0.342 e. The van der Waals surface area contributed by atoms with Gasteiger partial charge in [-0.2, -0.15) is 26.2 Å². The van der Waals surface area contributed by atoms with Crippen molar-refractivity contribution in [3.63, 3.8) is 0 Å². The first-order valence-corrected chi connectivity index (χ1v) is 15.8. The second-order valence-corrected chi connectivity index (χ2v) is 13.3. The summed E-state index contributed by atoms with van der Waals surface area (Å²) in [5.41, 5.74) is 2.50. The van der Waals surface area contributed by atoms with E-state index in [4.69, 9.17) is 33.4 Å². The minimum atomic E-state index is -4.19. The van der Waals surface area contributed by atoms with E-state index >= 15 is 0 Å². The van der Waals surface area contributed by atoms with Gasteiger partial charge in [-0.05, 0) is 47.5 Å². The fourth-order valence-corrected chi connectivity index (χ4v) is 5.68. The molecule has 0 amide bonds. The topological polar surface area (TPSA) is 129 Å². The molecule has 10 nitrogen and oxygen atoms in total. The van der Waals surface area contributed by atoms with Crippen LogP contribution in [-0.2, 0) is 20.2 Å². The van der Waals surface area contributed by atoms with Crippen molar-refractivity contribution >= 4 is 55.1 Å². The molecule has 0 unspecified atom stereocenters. The van der Waals surface area contributed by atoms with Crippen LogP contribution >= 0.6 is 23.2 Å². The maximum Gasteiger partial charge on any atom is 0.285 e. The van der Waals surface area contributed by atoms with Crippen molar-refractivity contribution in [3.8, 4) is 0 Å². The molecular weight excluding hydrogens is 595 g/mol. The zero-order valence-corrected chi connectivity index (χ0v) is 24.9. The molecule has 0 bridgehead atoms. The highest BCUT2D eigenvalue weighted by molar-refractivity contribution is 7.90. The number of likely N-dealkylation sites (N-methyl/N-ethyl adjacent to an activating group) is 2. The molecule has 0 spiro atoms. The number of sulfonamides is 1. The van der Waals surface area contributed by atoms with E-state index < -0.39 is 20.2 Å². The van der Waals surface area contributed by atoms with E-state index in [2.05, 4.69) is 4.40 Å². The second-order valence-electron chi connectivity index (χ2n) is 9.15. The van der Waals surface area contributed by atoms with Crippen LogP contribution in [0, 0.1) is 0 Å². The van der Waals surface area contributed by atoms with Crippen molar-refractivity contribution in [1.82, 2.24) is 14.2 Å². The molecule has 1 atom stereocenters. The van der Waals surface area contributed by atoms with E-state index in [9.17, 15) is 16.8 Å². The molecule has 0 radical (unpaired) electrons. The normalized spacial score (nSPS) is 16.4. The van der Waals surface area contributed by atoms with Crippen molar-refractivity contribution in [2.75, 3.05) is 33.7 Å². The first-order chi connectivity index (χ1) is 18.8. The third-order valence-electron chi connectivity index (χ3n) is 6.33. The summed E-state index contributed by atoms with van der Waals surface area (Å²) in [6, 6.07) is 22.6. The van der Waals surface area contributed by atoms with Gasteiger partial charge in [0.2, 0.25) is 5.96 Å². The van der Waals surface area contributed by atoms with Crippen LogP contribution in [0.3, 0.4) is 0 Å². The number of hydrogen-bond donors (Lipinski definition) is 1. The third-order valence-corrected chi connectivity index (χ3v) is 9.15. The van der Waals surface area contributed by atoms with E-state index in [0.29, 0.717) is 15.8 Å². The number of nitrogens with zero attached hydrogens (tertiary/aromatic N) is 5. The van der Waals surface area contributed by atoms with Gasteiger partial charge in [0.05, 0.1) is 17.2 Å². The zero-order valence-electron chi connectivity index (χ0n) is 21.7. The van der Waals surface area contributed by atoms with Gasteiger partial charge < -0.3 is 4.90 Å². The van der Waals surface area contributed by atoms with Crippen LogP contribution in [0.4, 0.5) is 0 Å². The second kappa shape index (κ2) is 12.2. The summed E-state index contributed by atoms with van der Waals surface area (Å²) in [6.07, 6.45) is 0. The van der Waals surface area contributed by atoms with E-state index in [1.807, 2.05) is 42.5 Å². The minimum absolute atomic E-state index is 0.0148. The predicted octanol–water partition coefficient (Wildman–Crippen LogP) is 3.61. The van der Waals surface area contributed by atoms with Crippen molar-refractivity contribution in [2.24, 2.45) is 14.6 Å². The number of hydrogen-bond acceptors (Lipinski definition) is 5. The van der Waals surface area contributed by atoms with Gasteiger partial charge in [0.25, 0.3) is 20.2 Å². The van der Waals surface area contributed by atoms with Crippen LogP contribution < -0.4 is 5.14 Å². The maximum absolute atomic E-state index is 13.4. The highest BCUT2D eigenvalue weighted by atomic mass is 35.5. The van der Waals surface area contributed by atoms with Gasteiger partial charge in [-0.15, -0.1) is 4.40 Å². The summed E-state index contributed by atoms with van der Waals surface area (Å²) in [5.74, 6) is -0.200. The first-order valence-electron chi connectivity index (χ1n) is 12.1. The molecule has 2 N–H and O–H groups in total. The molecule has 3 aromatic rings. The van der Waals surface area contributed by atoms with Gasteiger partial charge in [-0.3, -0.25) is 0 Å². The van der Waals surface area contributed by atoms with Gasteiger partial charge in [0.1, 0.15) is 0 Å². The van der Waals surface area contributed by atoms with Crippen LogP contribution in [-0.4, -0.2) is 76.5 Å². The number of guanidine groups is 1. The Labute approximate surface area is 244 Å². The monoisotopic (exact) mass is 622 g/mol. The molecule has 3 aromatic carbocycles. The Kier molecular flexibility index (Phi) is 9.18. The summed E-state index contributed by atoms with van der Waals surface area (Å²) in [7, 11) is -5.18. The maximum atomic E-state index is 13.4. The summed E-state index contributed by atoms with van der Waals surface area (Å²) < 4.78 is 55.4. The average molecular weight is 624 g/mol. The van der Waals surface area contributed by atoms with Crippen molar-refractivity contribution < 1.29 is 16.8 Å². The number of benzene rings is 3. The Balaban J connectivity index is 1.78. The predicted molar refractivity (Wildman–Crippen MR) is 158 cm³/mol. The van der Waals surface area contributed by atoms with Gasteiger partial charge >= 0.3 is 0 Å².